The monoisotopic (exact) mass is 500 g/mol. The van der Waals surface area contributed by atoms with Gasteiger partial charge in [-0.3, -0.25) is 9.69 Å². The smallest absolute Gasteiger partial charge is 0.251 e. The Morgan fingerprint density at radius 2 is 2.00 bits per heavy atom. The zero-order valence-corrected chi connectivity index (χ0v) is 21.3. The molecule has 1 fully saturated rings. The molecule has 0 spiro atoms. The molecule has 0 bridgehead atoms. The highest BCUT2D eigenvalue weighted by Gasteiger charge is 2.21. The number of thiophene rings is 1. The molecule has 9 heteroatoms. The molecule has 0 atom stereocenters. The fourth-order valence-electron chi connectivity index (χ4n) is 3.88. The number of aromatic nitrogens is 1. The first-order chi connectivity index (χ1) is 16.1. The molecule has 0 unspecified atom stereocenters. The van der Waals surface area contributed by atoms with Crippen molar-refractivity contribution in [3.8, 4) is 10.4 Å². The highest BCUT2D eigenvalue weighted by atomic mass is 32.1. The number of nitrogens with one attached hydrogen (secondary N) is 1. The van der Waals surface area contributed by atoms with Gasteiger partial charge >= 0.3 is 0 Å². The van der Waals surface area contributed by atoms with Crippen molar-refractivity contribution in [2.24, 2.45) is 5.73 Å². The lowest BCUT2D eigenvalue weighted by molar-refractivity contribution is 0.0782. The number of carbonyl (C=O) groups excluding carboxylic acids is 1. The van der Waals surface area contributed by atoms with E-state index >= 15 is 0 Å². The fourth-order valence-corrected chi connectivity index (χ4v) is 6.45. The maximum atomic E-state index is 14.9. The Hall–Kier alpha value is -2.38. The Morgan fingerprint density at radius 3 is 2.65 bits per heavy atom. The summed E-state index contributed by atoms with van der Waals surface area (Å²) in [6.07, 6.45) is 2.53. The van der Waals surface area contributed by atoms with E-state index in [4.69, 9.17) is 10.7 Å². The number of pyridine rings is 1. The number of amides is 1. The van der Waals surface area contributed by atoms with E-state index in [9.17, 15) is 14.3 Å². The maximum absolute atomic E-state index is 14.9. The molecular formula is C25H30FN4O2PS. The van der Waals surface area contributed by atoms with Gasteiger partial charge in [0.05, 0.1) is 16.9 Å². The summed E-state index contributed by atoms with van der Waals surface area (Å²) in [5.74, 6) is -0.457. The van der Waals surface area contributed by atoms with Crippen LogP contribution >= 0.6 is 19.3 Å². The summed E-state index contributed by atoms with van der Waals surface area (Å²) < 4.78 is 14.9. The molecule has 1 aliphatic rings. The summed E-state index contributed by atoms with van der Waals surface area (Å²) in [6.45, 7) is 8.55. The lowest BCUT2D eigenvalue weighted by Crippen LogP contribution is -2.33. The topological polar surface area (TPSA) is 91.5 Å². The number of aliphatic hydroxyl groups is 1. The summed E-state index contributed by atoms with van der Waals surface area (Å²) in [4.78, 5) is 19.8. The van der Waals surface area contributed by atoms with Crippen molar-refractivity contribution in [3.63, 3.8) is 0 Å². The molecule has 6 nitrogen and oxygen atoms in total. The second kappa shape index (κ2) is 10.1. The van der Waals surface area contributed by atoms with Crippen molar-refractivity contribution in [3.05, 3.63) is 65.1 Å². The molecule has 1 aromatic carbocycles. The number of primary amides is 1. The van der Waals surface area contributed by atoms with Gasteiger partial charge in [-0.15, -0.1) is 19.3 Å². The van der Waals surface area contributed by atoms with Crippen LogP contribution in [0.25, 0.3) is 10.4 Å². The summed E-state index contributed by atoms with van der Waals surface area (Å²) >= 11 is 1.24. The number of rotatable bonds is 7. The van der Waals surface area contributed by atoms with Crippen LogP contribution in [-0.4, -0.2) is 53.0 Å². The van der Waals surface area contributed by atoms with Gasteiger partial charge in [0.1, 0.15) is 16.6 Å². The molecule has 34 heavy (non-hydrogen) atoms. The van der Waals surface area contributed by atoms with E-state index in [0.717, 1.165) is 25.3 Å². The minimum Gasteiger partial charge on any atom is -0.386 e. The van der Waals surface area contributed by atoms with Crippen LogP contribution < -0.4 is 11.1 Å². The Bertz CT molecular complexity index is 1190. The van der Waals surface area contributed by atoms with Crippen molar-refractivity contribution in [2.75, 3.05) is 37.4 Å². The number of halogens is 1. The van der Waals surface area contributed by atoms with E-state index in [-0.39, 0.29) is 13.5 Å². The fraction of sp³-hybridized carbons (Fsp3) is 0.360. The molecule has 4 N–H and O–H groups in total. The number of benzene rings is 1. The maximum Gasteiger partial charge on any atom is 0.251 e. The van der Waals surface area contributed by atoms with Crippen molar-refractivity contribution in [2.45, 2.75) is 26.0 Å². The molecule has 4 rings (SSSR count). The van der Waals surface area contributed by atoms with Crippen molar-refractivity contribution >= 4 is 36.0 Å². The van der Waals surface area contributed by atoms with Gasteiger partial charge in [0.25, 0.3) is 5.91 Å². The molecule has 3 heterocycles. The second-order valence-electron chi connectivity index (χ2n) is 9.19. The Morgan fingerprint density at radius 1 is 1.26 bits per heavy atom. The Labute approximate surface area is 204 Å². The standard InChI is InChI=1S/C25H30FN4O2PS/c1-25(2,32)16-7-8-18(20(26)13-16)21-14-19(23(27)31)24(34-21)29-22-6-4-5-17(28-22)15-30-9-11-33(3)12-10-30/h4-8,13-14,32H,9-12,15H2,1-3H3,(H2,27,31)(H,28,29). The minimum absolute atomic E-state index is 0.174. The highest BCUT2D eigenvalue weighted by Crippen LogP contribution is 2.39. The Balaban J connectivity index is 1.57. The molecule has 1 saturated heterocycles. The molecule has 3 aromatic rings. The van der Waals surface area contributed by atoms with Gasteiger partial charge in [-0.2, -0.15) is 0 Å². The number of hydrogen-bond donors (Lipinski definition) is 3. The van der Waals surface area contributed by atoms with Crippen molar-refractivity contribution in [1.29, 1.82) is 0 Å². The second-order valence-corrected chi connectivity index (χ2v) is 12.8. The van der Waals surface area contributed by atoms with Gasteiger partial charge in [0.2, 0.25) is 0 Å². The molecule has 0 saturated carbocycles. The third-order valence-corrected chi connectivity index (χ3v) is 8.98. The summed E-state index contributed by atoms with van der Waals surface area (Å²) in [5.41, 5.74) is 6.53. The number of nitrogens with two attached hydrogens (primary N) is 1. The van der Waals surface area contributed by atoms with Crippen LogP contribution in [0.2, 0.25) is 0 Å². The van der Waals surface area contributed by atoms with Gasteiger partial charge in [-0.05, 0) is 62.7 Å². The minimum atomic E-state index is -1.15. The zero-order chi connectivity index (χ0) is 24.5. The summed E-state index contributed by atoms with van der Waals surface area (Å²) in [5, 5.41) is 13.9. The van der Waals surface area contributed by atoms with Gasteiger partial charge < -0.3 is 16.2 Å². The predicted octanol–water partition coefficient (Wildman–Crippen LogP) is 4.95. The van der Waals surface area contributed by atoms with E-state index < -0.39 is 17.3 Å². The molecule has 2 aromatic heterocycles. The van der Waals surface area contributed by atoms with Crippen LogP contribution in [0.5, 0.6) is 0 Å². The van der Waals surface area contributed by atoms with E-state index in [1.807, 2.05) is 18.2 Å². The van der Waals surface area contributed by atoms with Gasteiger partial charge in [-0.1, -0.05) is 18.2 Å². The third-order valence-electron chi connectivity index (χ3n) is 5.97. The first kappa shape index (κ1) is 24.7. The molecule has 0 radical (unpaired) electrons. The molecule has 0 aliphatic carbocycles. The quantitative estimate of drug-likeness (QED) is 0.400. The van der Waals surface area contributed by atoms with Crippen molar-refractivity contribution < 1.29 is 14.3 Å². The van der Waals surface area contributed by atoms with E-state index in [1.165, 1.54) is 29.7 Å². The first-order valence-electron chi connectivity index (χ1n) is 11.2. The Kier molecular flexibility index (Phi) is 7.33. The number of anilines is 2. The van der Waals surface area contributed by atoms with Gasteiger partial charge in [0.15, 0.2) is 0 Å². The van der Waals surface area contributed by atoms with Crippen LogP contribution in [0.15, 0.2) is 42.5 Å². The van der Waals surface area contributed by atoms with Crippen LogP contribution in [0.4, 0.5) is 15.2 Å². The first-order valence-corrected chi connectivity index (χ1v) is 14.2. The largest absolute Gasteiger partial charge is 0.386 e. The van der Waals surface area contributed by atoms with Gasteiger partial charge in [-0.25, -0.2) is 9.37 Å². The average Bonchev–Trinajstić information content (AvgIpc) is 3.18. The van der Waals surface area contributed by atoms with Crippen molar-refractivity contribution in [1.82, 2.24) is 9.88 Å². The number of hydrogen-bond acceptors (Lipinski definition) is 6. The SMILES string of the molecule is CP1CCN(Cc2cccc(Nc3sc(-c4ccc(C(C)(C)O)cc4F)cc3C(N)=O)n2)CC1. The van der Waals surface area contributed by atoms with Crippen LogP contribution in [0, 0.1) is 5.82 Å². The molecule has 180 valence electrons. The van der Waals surface area contributed by atoms with E-state index in [2.05, 4.69) is 16.9 Å². The lowest BCUT2D eigenvalue weighted by Gasteiger charge is -2.30. The average molecular weight is 501 g/mol. The highest BCUT2D eigenvalue weighted by molar-refractivity contribution is 7.56. The van der Waals surface area contributed by atoms with Crippen LogP contribution in [0.1, 0.15) is 35.5 Å². The van der Waals surface area contributed by atoms with E-state index in [0.29, 0.717) is 26.8 Å². The molecule has 1 aliphatic heterocycles. The predicted molar refractivity (Wildman–Crippen MR) is 139 cm³/mol. The van der Waals surface area contributed by atoms with Crippen LogP contribution in [-0.2, 0) is 12.1 Å². The van der Waals surface area contributed by atoms with Crippen LogP contribution in [0.3, 0.4) is 0 Å². The zero-order valence-electron chi connectivity index (χ0n) is 19.6. The molecule has 1 amide bonds. The number of nitrogens with zero attached hydrogens (tertiary/aromatic N) is 2. The van der Waals surface area contributed by atoms with E-state index in [1.54, 1.807) is 32.0 Å². The molecular weight excluding hydrogens is 470 g/mol. The summed E-state index contributed by atoms with van der Waals surface area (Å²) in [7, 11) is 0.174. The lowest BCUT2D eigenvalue weighted by atomic mass is 9.96. The summed E-state index contributed by atoms with van der Waals surface area (Å²) in [6, 6.07) is 12.0. The van der Waals surface area contributed by atoms with Gasteiger partial charge in [0, 0.05) is 30.1 Å². The normalized spacial score (nSPS) is 15.4. The third kappa shape index (κ3) is 5.81. The number of carbonyl (C=O) groups is 1.